The van der Waals surface area contributed by atoms with E-state index in [1.165, 1.54) is 0 Å². The van der Waals surface area contributed by atoms with Crippen molar-refractivity contribution in [3.8, 4) is 17.2 Å². The van der Waals surface area contributed by atoms with Crippen LogP contribution in [0.3, 0.4) is 0 Å². The zero-order chi connectivity index (χ0) is 76.4. The van der Waals surface area contributed by atoms with Gasteiger partial charge in [-0.2, -0.15) is 127 Å². The lowest BCUT2D eigenvalue weighted by atomic mass is 9.12. The first-order valence-corrected chi connectivity index (χ1v) is 32.0. The Bertz CT molecular complexity index is 3250. The first-order chi connectivity index (χ1) is 48.1. The summed E-state index contributed by atoms with van der Waals surface area (Å²) in [6, 6.07) is 15.6. The summed E-state index contributed by atoms with van der Waals surface area (Å²) in [7, 11) is -0.641. The lowest BCUT2D eigenvalue weighted by molar-refractivity contribution is -0.144. The van der Waals surface area contributed by atoms with Gasteiger partial charge in [-0.05, 0) is 81.4 Å². The van der Waals surface area contributed by atoms with Crippen LogP contribution in [0.1, 0.15) is 65.3 Å². The second kappa shape index (κ2) is 36.0. The van der Waals surface area contributed by atoms with Crippen LogP contribution in [-0.2, 0) is 88.7 Å². The SMILES string of the molecule is CCOCCOCCOc1ccccc1[S+](c1ccccc1OCCOCCOCC)c1ccccc1OCCOCCOCC.FC(F)(F)c1cc([B-](c2cc(C(F)(F)F)cc(C(F)(F)F)c2)(c2cc(C(F)(F)F)cc(C(F)(F)F)c2)c2cc(C(F)(F)F)cc(C(F)(F)F)c2)cc(C(F)(F)F)c1. The average Bonchev–Trinajstić information content (AvgIpc) is 0.707. The fraction of sp³-hybridized carbons (Fsp3) is 0.382. The summed E-state index contributed by atoms with van der Waals surface area (Å²) in [6.07, 6.45) is -54.8. The highest BCUT2D eigenvalue weighted by Crippen LogP contribution is 2.46. The molecule has 0 N–H and O–H groups in total. The number of halogens is 24. The zero-order valence-electron chi connectivity index (χ0n) is 54.2. The Labute approximate surface area is 576 Å². The normalized spacial score (nSPS) is 12.9. The molecule has 7 rings (SSSR count). The van der Waals surface area contributed by atoms with Crippen LogP contribution in [0.4, 0.5) is 105 Å². The van der Waals surface area contributed by atoms with Crippen molar-refractivity contribution in [2.75, 3.05) is 99.1 Å². The number of ether oxygens (including phenoxy) is 9. The standard InChI is InChI=1S/C36H51O9S.C32H12BF24/c1-4-37-19-22-40-25-28-43-31-13-7-10-16-34(31)46(35-17-11-8-14-32(35)44-29-26-41-23-20-38-5-2)36-18-12-9-15-33(36)45-30-27-42-24-21-39-6-3;34-25(35,36)13-1-14(26(37,38)39)6-21(5-13)33(22-7-15(27(40,41)42)2-16(8-22)28(43,44)45,23-9-17(29(46,47)48)3-18(10-23)30(49,50)51)24-11-19(31(52,53)54)4-20(12-24)32(55,56)57/h7-18H,4-6,19-30H2,1-3H3;1-12H/q+1;-1. The molecular weight excluding hydrogens is 1460 g/mol. The molecule has 7 aromatic rings. The Morgan fingerprint density at radius 1 is 0.243 bits per heavy atom. The van der Waals surface area contributed by atoms with Crippen molar-refractivity contribution < 1.29 is 148 Å². The van der Waals surface area contributed by atoms with Crippen LogP contribution in [0, 0.1) is 0 Å². The van der Waals surface area contributed by atoms with Gasteiger partial charge in [0, 0.05) is 19.8 Å². The molecule has 7 aromatic carbocycles. The molecular formula is C68H63BF24O9S. The van der Waals surface area contributed by atoms with E-state index in [1.807, 2.05) is 75.4 Å². The third kappa shape index (κ3) is 23.7. The van der Waals surface area contributed by atoms with E-state index in [0.717, 1.165) is 31.9 Å². The molecule has 0 unspecified atom stereocenters. The van der Waals surface area contributed by atoms with Gasteiger partial charge in [-0.15, -0.1) is 0 Å². The summed E-state index contributed by atoms with van der Waals surface area (Å²) in [5, 5.41) is 0. The predicted molar refractivity (Wildman–Crippen MR) is 330 cm³/mol. The fourth-order valence-electron chi connectivity index (χ4n) is 10.4. The Morgan fingerprint density at radius 2 is 0.417 bits per heavy atom. The van der Waals surface area contributed by atoms with Crippen LogP contribution >= 0.6 is 0 Å². The number of hydrogen-bond donors (Lipinski definition) is 0. The quantitative estimate of drug-likeness (QED) is 0.0183. The van der Waals surface area contributed by atoms with E-state index in [9.17, 15) is 105 Å². The van der Waals surface area contributed by atoms with Crippen LogP contribution in [0.25, 0.3) is 0 Å². The molecule has 0 aliphatic carbocycles. The molecule has 0 heterocycles. The maximum absolute atomic E-state index is 14.2. The van der Waals surface area contributed by atoms with Gasteiger partial charge in [-0.3, -0.25) is 0 Å². The van der Waals surface area contributed by atoms with Crippen molar-refractivity contribution in [3.63, 3.8) is 0 Å². The monoisotopic (exact) mass is 1520 g/mol. The first kappa shape index (κ1) is 84.4. The number of para-hydroxylation sites is 3. The second-order valence-corrected chi connectivity index (χ2v) is 23.8. The summed E-state index contributed by atoms with van der Waals surface area (Å²) in [5.74, 6) is 2.34. The van der Waals surface area contributed by atoms with Crippen molar-refractivity contribution in [1.82, 2.24) is 0 Å². The molecule has 0 aliphatic rings. The van der Waals surface area contributed by atoms with Gasteiger partial charge in [0.05, 0.1) is 104 Å². The highest BCUT2D eigenvalue weighted by molar-refractivity contribution is 7.97. The summed E-state index contributed by atoms with van der Waals surface area (Å²) >= 11 is 0. The van der Waals surface area contributed by atoms with Gasteiger partial charge in [0.1, 0.15) is 36.9 Å². The molecule has 0 amide bonds. The summed E-state index contributed by atoms with van der Waals surface area (Å²) in [5.41, 5.74) is -30.2. The topological polar surface area (TPSA) is 83.1 Å². The lowest BCUT2D eigenvalue weighted by Gasteiger charge is -2.46. The molecule has 0 fully saturated rings. The van der Waals surface area contributed by atoms with Crippen molar-refractivity contribution in [1.29, 1.82) is 0 Å². The lowest BCUT2D eigenvalue weighted by Crippen LogP contribution is -2.75. The number of benzene rings is 7. The predicted octanol–water partition coefficient (Wildman–Crippen LogP) is 17.3. The van der Waals surface area contributed by atoms with Crippen LogP contribution in [0.2, 0.25) is 0 Å². The molecule has 0 saturated heterocycles. The molecule has 0 saturated carbocycles. The van der Waals surface area contributed by atoms with E-state index in [4.69, 9.17) is 42.6 Å². The largest absolute Gasteiger partial charge is 0.486 e. The van der Waals surface area contributed by atoms with E-state index in [2.05, 4.69) is 18.2 Å². The molecule has 0 spiro atoms. The number of alkyl halides is 24. The van der Waals surface area contributed by atoms with E-state index in [0.29, 0.717) is 99.1 Å². The Hall–Kier alpha value is -7.57. The third-order valence-electron chi connectivity index (χ3n) is 14.8. The van der Waals surface area contributed by atoms with E-state index in [1.54, 1.807) is 0 Å². The molecule has 0 bridgehead atoms. The zero-order valence-corrected chi connectivity index (χ0v) is 55.0. The van der Waals surface area contributed by atoms with Crippen LogP contribution in [0.5, 0.6) is 17.2 Å². The van der Waals surface area contributed by atoms with E-state index >= 15 is 0 Å². The highest BCUT2D eigenvalue weighted by atomic mass is 32.2. The maximum atomic E-state index is 14.2. The average molecular weight is 1520 g/mol. The molecule has 0 aliphatic heterocycles. The molecule has 9 nitrogen and oxygen atoms in total. The fourth-order valence-corrected chi connectivity index (χ4v) is 12.7. The van der Waals surface area contributed by atoms with Crippen LogP contribution in [-0.4, -0.2) is 105 Å². The molecule has 0 radical (unpaired) electrons. The minimum Gasteiger partial charge on any atom is -0.486 e. The van der Waals surface area contributed by atoms with Gasteiger partial charge in [0.25, 0.3) is 0 Å². The minimum absolute atomic E-state index is 0.412. The summed E-state index contributed by atoms with van der Waals surface area (Å²) < 4.78 is 393. The Balaban J connectivity index is 0.000000331. The molecule has 0 aromatic heterocycles. The number of rotatable bonds is 31. The molecule has 0 atom stereocenters. The van der Waals surface area contributed by atoms with E-state index < -0.39 is 206 Å². The van der Waals surface area contributed by atoms with Crippen LogP contribution < -0.4 is 36.1 Å². The number of hydrogen-bond acceptors (Lipinski definition) is 9. The highest BCUT2D eigenvalue weighted by Gasteiger charge is 2.48. The molecule has 103 heavy (non-hydrogen) atoms. The van der Waals surface area contributed by atoms with Gasteiger partial charge < -0.3 is 42.6 Å². The van der Waals surface area contributed by atoms with Crippen molar-refractivity contribution in [3.05, 3.63) is 190 Å². The molecule has 566 valence electrons. The summed E-state index contributed by atoms with van der Waals surface area (Å²) in [4.78, 5) is 3.06. The Kier molecular flexibility index (Phi) is 29.4. The first-order valence-electron chi connectivity index (χ1n) is 30.8. The van der Waals surface area contributed by atoms with Gasteiger partial charge in [0.15, 0.2) is 17.2 Å². The van der Waals surface area contributed by atoms with Crippen molar-refractivity contribution >= 4 is 38.9 Å². The van der Waals surface area contributed by atoms with Crippen LogP contribution in [0.15, 0.2) is 160 Å². The van der Waals surface area contributed by atoms with Gasteiger partial charge in [0.2, 0.25) is 14.7 Å². The molecule has 35 heteroatoms. The van der Waals surface area contributed by atoms with E-state index in [-0.39, 0.29) is 0 Å². The Morgan fingerprint density at radius 3 is 0.602 bits per heavy atom. The maximum Gasteiger partial charge on any atom is 0.416 e. The van der Waals surface area contributed by atoms with Gasteiger partial charge in [-0.1, -0.05) is 84.9 Å². The van der Waals surface area contributed by atoms with Crippen molar-refractivity contribution in [2.45, 2.75) is 84.9 Å². The summed E-state index contributed by atoms with van der Waals surface area (Å²) in [6.45, 7) is 13.9. The second-order valence-electron chi connectivity index (χ2n) is 21.8. The smallest absolute Gasteiger partial charge is 0.416 e. The minimum atomic E-state index is -6.13. The van der Waals surface area contributed by atoms with Gasteiger partial charge in [-0.25, -0.2) is 0 Å². The van der Waals surface area contributed by atoms with Gasteiger partial charge >= 0.3 is 49.4 Å². The van der Waals surface area contributed by atoms with Crippen molar-refractivity contribution in [2.24, 2.45) is 0 Å². The third-order valence-corrected chi connectivity index (χ3v) is 17.2.